The summed E-state index contributed by atoms with van der Waals surface area (Å²) in [6.45, 7) is 2.41. The van der Waals surface area contributed by atoms with Crippen LogP contribution in [0.5, 0.6) is 0 Å². The summed E-state index contributed by atoms with van der Waals surface area (Å²) < 4.78 is 4.92. The van der Waals surface area contributed by atoms with E-state index in [0.717, 1.165) is 5.56 Å². The van der Waals surface area contributed by atoms with E-state index in [1.165, 1.54) is 6.26 Å². The van der Waals surface area contributed by atoms with E-state index in [1.54, 1.807) is 6.07 Å². The maximum absolute atomic E-state index is 10.9. The predicted molar refractivity (Wildman–Crippen MR) is 72.4 cm³/mol. The Bertz CT molecular complexity index is 580. The van der Waals surface area contributed by atoms with Crippen LogP contribution < -0.4 is 5.32 Å². The maximum Gasteiger partial charge on any atom is 0.372 e. The average molecular weight is 280 g/mol. The Morgan fingerprint density at radius 3 is 2.95 bits per heavy atom. The summed E-state index contributed by atoms with van der Waals surface area (Å²) in [4.78, 5) is 10.9. The average Bonchev–Trinajstić information content (AvgIpc) is 2.84. The highest BCUT2D eigenvalue weighted by molar-refractivity contribution is 6.30. The van der Waals surface area contributed by atoms with Crippen molar-refractivity contribution in [1.82, 2.24) is 5.32 Å². The van der Waals surface area contributed by atoms with E-state index in [2.05, 4.69) is 5.32 Å². The molecule has 0 radical (unpaired) electrons. The second-order valence-electron chi connectivity index (χ2n) is 4.24. The SMILES string of the molecule is CC(NCc1ccoc1C(=O)O)c1cccc(Cl)c1. The number of benzene rings is 1. The second kappa shape index (κ2) is 5.91. The number of rotatable bonds is 5. The molecule has 0 spiro atoms. The first-order valence-corrected chi connectivity index (χ1v) is 6.24. The van der Waals surface area contributed by atoms with Crippen LogP contribution in [0.1, 0.15) is 34.6 Å². The van der Waals surface area contributed by atoms with Gasteiger partial charge in [-0.3, -0.25) is 0 Å². The van der Waals surface area contributed by atoms with Crippen LogP contribution in [0.3, 0.4) is 0 Å². The molecule has 100 valence electrons. The fourth-order valence-corrected chi connectivity index (χ4v) is 2.02. The molecule has 0 saturated carbocycles. The summed E-state index contributed by atoms with van der Waals surface area (Å²) in [5.41, 5.74) is 1.68. The van der Waals surface area contributed by atoms with E-state index in [0.29, 0.717) is 17.1 Å². The monoisotopic (exact) mass is 279 g/mol. The molecule has 0 amide bonds. The minimum atomic E-state index is -1.06. The van der Waals surface area contributed by atoms with Crippen LogP contribution in [0.2, 0.25) is 5.02 Å². The zero-order chi connectivity index (χ0) is 13.8. The quantitative estimate of drug-likeness (QED) is 0.879. The standard InChI is InChI=1S/C14H14ClNO3/c1-9(10-3-2-4-12(15)7-10)16-8-11-5-6-19-13(11)14(17)18/h2-7,9,16H,8H2,1H3,(H,17,18). The van der Waals surface area contributed by atoms with E-state index in [9.17, 15) is 4.79 Å². The fourth-order valence-electron chi connectivity index (χ4n) is 1.82. The van der Waals surface area contributed by atoms with Crippen LogP contribution in [0.25, 0.3) is 0 Å². The van der Waals surface area contributed by atoms with Gasteiger partial charge in [0.2, 0.25) is 5.76 Å². The molecular formula is C14H14ClNO3. The first-order valence-electron chi connectivity index (χ1n) is 5.86. The van der Waals surface area contributed by atoms with Crippen LogP contribution in [0, 0.1) is 0 Å². The number of carboxylic acid groups (broad SMARTS) is 1. The van der Waals surface area contributed by atoms with Crippen molar-refractivity contribution in [1.29, 1.82) is 0 Å². The molecule has 2 aromatic rings. The third-order valence-electron chi connectivity index (χ3n) is 2.89. The van der Waals surface area contributed by atoms with E-state index in [-0.39, 0.29) is 11.8 Å². The Hall–Kier alpha value is -1.78. The highest BCUT2D eigenvalue weighted by Gasteiger charge is 2.14. The molecule has 0 bridgehead atoms. The zero-order valence-electron chi connectivity index (χ0n) is 10.4. The summed E-state index contributed by atoms with van der Waals surface area (Å²) >= 11 is 5.93. The van der Waals surface area contributed by atoms with E-state index >= 15 is 0 Å². The van der Waals surface area contributed by atoms with Crippen molar-refractivity contribution < 1.29 is 14.3 Å². The smallest absolute Gasteiger partial charge is 0.372 e. The number of hydrogen-bond acceptors (Lipinski definition) is 3. The van der Waals surface area contributed by atoms with Gasteiger partial charge < -0.3 is 14.8 Å². The molecule has 19 heavy (non-hydrogen) atoms. The van der Waals surface area contributed by atoms with Gasteiger partial charge in [-0.25, -0.2) is 4.79 Å². The molecule has 1 heterocycles. The molecule has 2 N–H and O–H groups in total. The lowest BCUT2D eigenvalue weighted by atomic mass is 10.1. The lowest BCUT2D eigenvalue weighted by Crippen LogP contribution is -2.19. The number of halogens is 1. The molecule has 1 aromatic heterocycles. The van der Waals surface area contributed by atoms with Crippen molar-refractivity contribution >= 4 is 17.6 Å². The molecule has 1 aromatic carbocycles. The van der Waals surface area contributed by atoms with E-state index in [1.807, 2.05) is 31.2 Å². The molecule has 0 aliphatic carbocycles. The lowest BCUT2D eigenvalue weighted by molar-refractivity contribution is 0.0660. The maximum atomic E-state index is 10.9. The van der Waals surface area contributed by atoms with Crippen LogP contribution in [0.15, 0.2) is 41.0 Å². The zero-order valence-corrected chi connectivity index (χ0v) is 11.1. The van der Waals surface area contributed by atoms with Gasteiger partial charge in [-0.2, -0.15) is 0 Å². The van der Waals surface area contributed by atoms with E-state index in [4.69, 9.17) is 21.1 Å². The molecule has 0 saturated heterocycles. The molecular weight excluding hydrogens is 266 g/mol. The Labute approximate surface area is 116 Å². The molecule has 1 unspecified atom stereocenters. The second-order valence-corrected chi connectivity index (χ2v) is 4.67. The van der Waals surface area contributed by atoms with Gasteiger partial charge in [-0.05, 0) is 30.7 Å². The number of hydrogen-bond donors (Lipinski definition) is 2. The van der Waals surface area contributed by atoms with Crippen molar-refractivity contribution in [2.75, 3.05) is 0 Å². The van der Waals surface area contributed by atoms with Crippen molar-refractivity contribution in [2.45, 2.75) is 19.5 Å². The number of aromatic carboxylic acids is 1. The van der Waals surface area contributed by atoms with Crippen LogP contribution in [-0.4, -0.2) is 11.1 Å². The van der Waals surface area contributed by atoms with Crippen LogP contribution in [-0.2, 0) is 6.54 Å². The number of carbonyl (C=O) groups is 1. The van der Waals surface area contributed by atoms with Gasteiger partial charge in [0.15, 0.2) is 0 Å². The molecule has 4 nitrogen and oxygen atoms in total. The first kappa shape index (κ1) is 13.6. The predicted octanol–water partition coefficient (Wildman–Crippen LogP) is 3.48. The van der Waals surface area contributed by atoms with Gasteiger partial charge in [0.1, 0.15) is 0 Å². The largest absolute Gasteiger partial charge is 0.475 e. The normalized spacial score (nSPS) is 12.3. The summed E-state index contributed by atoms with van der Waals surface area (Å²) in [5.74, 6) is -1.08. The number of nitrogens with one attached hydrogen (secondary N) is 1. The molecule has 0 aliphatic rings. The van der Waals surface area contributed by atoms with Crippen LogP contribution >= 0.6 is 11.6 Å². The molecule has 0 aliphatic heterocycles. The number of furan rings is 1. The van der Waals surface area contributed by atoms with Crippen molar-refractivity contribution in [3.8, 4) is 0 Å². The minimum absolute atomic E-state index is 0.0224. The highest BCUT2D eigenvalue weighted by atomic mass is 35.5. The van der Waals surface area contributed by atoms with E-state index < -0.39 is 5.97 Å². The minimum Gasteiger partial charge on any atom is -0.475 e. The Morgan fingerprint density at radius 1 is 1.47 bits per heavy atom. The Kier molecular flexibility index (Phi) is 4.24. The summed E-state index contributed by atoms with van der Waals surface area (Å²) in [6.07, 6.45) is 1.38. The van der Waals surface area contributed by atoms with Crippen molar-refractivity contribution in [3.63, 3.8) is 0 Å². The lowest BCUT2D eigenvalue weighted by Gasteiger charge is -2.14. The third-order valence-corrected chi connectivity index (χ3v) is 3.12. The summed E-state index contributed by atoms with van der Waals surface area (Å²) in [6, 6.07) is 9.27. The molecule has 2 rings (SSSR count). The van der Waals surface area contributed by atoms with Crippen LogP contribution in [0.4, 0.5) is 0 Å². The first-order chi connectivity index (χ1) is 9.08. The Balaban J connectivity index is 2.02. The number of carboxylic acids is 1. The summed E-state index contributed by atoms with van der Waals surface area (Å²) in [7, 11) is 0. The van der Waals surface area contributed by atoms with Crippen molar-refractivity contribution in [2.24, 2.45) is 0 Å². The topological polar surface area (TPSA) is 62.5 Å². The van der Waals surface area contributed by atoms with Gasteiger partial charge in [0, 0.05) is 23.2 Å². The van der Waals surface area contributed by atoms with Gasteiger partial charge in [0.05, 0.1) is 6.26 Å². The van der Waals surface area contributed by atoms with Gasteiger partial charge in [0.25, 0.3) is 0 Å². The molecule has 5 heteroatoms. The van der Waals surface area contributed by atoms with Crippen molar-refractivity contribution in [3.05, 3.63) is 58.5 Å². The fraction of sp³-hybridized carbons (Fsp3) is 0.214. The molecule has 0 fully saturated rings. The van der Waals surface area contributed by atoms with Gasteiger partial charge in [-0.15, -0.1) is 0 Å². The molecule has 1 atom stereocenters. The van der Waals surface area contributed by atoms with Gasteiger partial charge >= 0.3 is 5.97 Å². The highest BCUT2D eigenvalue weighted by Crippen LogP contribution is 2.18. The third kappa shape index (κ3) is 3.36. The van der Waals surface area contributed by atoms with Gasteiger partial charge in [-0.1, -0.05) is 23.7 Å². The summed E-state index contributed by atoms with van der Waals surface area (Å²) in [5, 5.41) is 12.9. The Morgan fingerprint density at radius 2 is 2.26 bits per heavy atom.